The molecule has 4 nitrogen and oxygen atoms in total. The molecule has 0 bridgehead atoms. The molecule has 1 saturated heterocycles. The smallest absolute Gasteiger partial charge is 0.159 e. The Kier molecular flexibility index (Phi) is 5.76. The summed E-state index contributed by atoms with van der Waals surface area (Å²) in [5, 5.41) is 0. The summed E-state index contributed by atoms with van der Waals surface area (Å²) in [6, 6.07) is 7.94. The Bertz CT molecular complexity index is 450. The van der Waals surface area contributed by atoms with Crippen LogP contribution in [0.1, 0.15) is 30.6 Å². The summed E-state index contributed by atoms with van der Waals surface area (Å²) < 4.78 is 5.77. The molecule has 0 saturated carbocycles. The van der Waals surface area contributed by atoms with E-state index in [9.17, 15) is 4.79 Å². The van der Waals surface area contributed by atoms with Crippen molar-refractivity contribution in [2.45, 2.75) is 26.3 Å². The molecule has 0 N–H and O–H groups in total. The Morgan fingerprint density at radius 1 is 1.19 bits per heavy atom. The summed E-state index contributed by atoms with van der Waals surface area (Å²) >= 11 is 0. The standard InChI is InChI=1S/C17H26N2O2/c1-14(19-11-9-18(3)10-12-19)8-13-21-17-6-4-16(5-7-17)15(2)20/h4-7,14H,8-13H2,1-3H3. The highest BCUT2D eigenvalue weighted by molar-refractivity contribution is 5.94. The summed E-state index contributed by atoms with van der Waals surface area (Å²) in [6.45, 7) is 9.15. The van der Waals surface area contributed by atoms with Crippen LogP contribution in [-0.4, -0.2) is 61.5 Å². The monoisotopic (exact) mass is 290 g/mol. The van der Waals surface area contributed by atoms with Crippen LogP contribution in [0.5, 0.6) is 5.75 Å². The van der Waals surface area contributed by atoms with Crippen LogP contribution in [0.15, 0.2) is 24.3 Å². The molecule has 1 aliphatic rings. The average molecular weight is 290 g/mol. The van der Waals surface area contributed by atoms with Crippen LogP contribution in [0, 0.1) is 0 Å². The summed E-state index contributed by atoms with van der Waals surface area (Å²) in [5.74, 6) is 0.927. The number of hydrogen-bond acceptors (Lipinski definition) is 4. The molecule has 1 aliphatic heterocycles. The van der Waals surface area contributed by atoms with Crippen molar-refractivity contribution >= 4 is 5.78 Å². The second-order valence-electron chi connectivity index (χ2n) is 5.91. The third-order valence-electron chi connectivity index (χ3n) is 4.23. The van der Waals surface area contributed by atoms with E-state index in [1.807, 2.05) is 24.3 Å². The SMILES string of the molecule is CC(=O)c1ccc(OCCC(C)N2CCN(C)CC2)cc1. The maximum atomic E-state index is 11.2. The number of likely N-dealkylation sites (N-methyl/N-ethyl adjacent to an activating group) is 1. The van der Waals surface area contributed by atoms with E-state index in [0.29, 0.717) is 12.6 Å². The van der Waals surface area contributed by atoms with Crippen LogP contribution in [-0.2, 0) is 0 Å². The molecule has 1 heterocycles. The molecule has 0 amide bonds. The molecule has 0 aliphatic carbocycles. The normalized spacial score (nSPS) is 18.4. The van der Waals surface area contributed by atoms with Crippen molar-refractivity contribution in [3.05, 3.63) is 29.8 Å². The number of hydrogen-bond donors (Lipinski definition) is 0. The van der Waals surface area contributed by atoms with Crippen molar-refractivity contribution in [1.82, 2.24) is 9.80 Å². The van der Waals surface area contributed by atoms with Crippen molar-refractivity contribution in [1.29, 1.82) is 0 Å². The fraction of sp³-hybridized carbons (Fsp3) is 0.588. The molecule has 1 aromatic carbocycles. The quantitative estimate of drug-likeness (QED) is 0.753. The highest BCUT2D eigenvalue weighted by atomic mass is 16.5. The first-order chi connectivity index (χ1) is 10.1. The lowest BCUT2D eigenvalue weighted by molar-refractivity contribution is 0.101. The van der Waals surface area contributed by atoms with Crippen molar-refractivity contribution in [3.63, 3.8) is 0 Å². The first-order valence-electron chi connectivity index (χ1n) is 7.72. The number of ketones is 1. The van der Waals surface area contributed by atoms with Gasteiger partial charge in [0.1, 0.15) is 5.75 Å². The van der Waals surface area contributed by atoms with Crippen LogP contribution in [0.4, 0.5) is 0 Å². The van der Waals surface area contributed by atoms with Crippen molar-refractivity contribution in [2.75, 3.05) is 39.8 Å². The second-order valence-corrected chi connectivity index (χ2v) is 5.91. The van der Waals surface area contributed by atoms with Crippen LogP contribution < -0.4 is 4.74 Å². The zero-order valence-electron chi connectivity index (χ0n) is 13.3. The fourth-order valence-corrected chi connectivity index (χ4v) is 2.58. The average Bonchev–Trinajstić information content (AvgIpc) is 2.48. The predicted molar refractivity (Wildman–Crippen MR) is 85.1 cm³/mol. The van der Waals surface area contributed by atoms with Gasteiger partial charge in [-0.05, 0) is 51.6 Å². The number of piperazine rings is 1. The number of Topliss-reactive ketones (excluding diaryl/α,β-unsaturated/α-hetero) is 1. The number of ether oxygens (including phenoxy) is 1. The van der Waals surface area contributed by atoms with E-state index in [4.69, 9.17) is 4.74 Å². The molecular formula is C17H26N2O2. The van der Waals surface area contributed by atoms with Gasteiger partial charge >= 0.3 is 0 Å². The van der Waals surface area contributed by atoms with Gasteiger partial charge in [-0.25, -0.2) is 0 Å². The van der Waals surface area contributed by atoms with E-state index in [1.54, 1.807) is 6.92 Å². The number of rotatable bonds is 6. The van der Waals surface area contributed by atoms with Crippen LogP contribution >= 0.6 is 0 Å². The molecule has 1 atom stereocenters. The maximum Gasteiger partial charge on any atom is 0.159 e. The summed E-state index contributed by atoms with van der Waals surface area (Å²) in [5.41, 5.74) is 0.730. The molecular weight excluding hydrogens is 264 g/mol. The van der Waals surface area contributed by atoms with Crippen molar-refractivity contribution in [3.8, 4) is 5.75 Å². The minimum atomic E-state index is 0.0882. The topological polar surface area (TPSA) is 32.8 Å². The van der Waals surface area contributed by atoms with Gasteiger partial charge in [0.05, 0.1) is 6.61 Å². The molecule has 0 radical (unpaired) electrons. The molecule has 4 heteroatoms. The van der Waals surface area contributed by atoms with Gasteiger partial charge in [0.2, 0.25) is 0 Å². The zero-order chi connectivity index (χ0) is 15.2. The van der Waals surface area contributed by atoms with Crippen LogP contribution in [0.3, 0.4) is 0 Å². The lowest BCUT2D eigenvalue weighted by Crippen LogP contribution is -2.48. The number of carbonyl (C=O) groups excluding carboxylic acids is 1. The third kappa shape index (κ3) is 4.83. The third-order valence-corrected chi connectivity index (χ3v) is 4.23. The highest BCUT2D eigenvalue weighted by Crippen LogP contribution is 2.14. The molecule has 2 rings (SSSR count). The summed E-state index contributed by atoms with van der Waals surface area (Å²) in [4.78, 5) is 16.1. The maximum absolute atomic E-state index is 11.2. The lowest BCUT2D eigenvalue weighted by Gasteiger charge is -2.36. The molecule has 21 heavy (non-hydrogen) atoms. The van der Waals surface area contributed by atoms with Gasteiger partial charge in [0, 0.05) is 37.8 Å². The number of carbonyl (C=O) groups is 1. The minimum absolute atomic E-state index is 0.0882. The summed E-state index contributed by atoms with van der Waals surface area (Å²) in [6.07, 6.45) is 1.03. The van der Waals surface area contributed by atoms with E-state index in [-0.39, 0.29) is 5.78 Å². The van der Waals surface area contributed by atoms with Gasteiger partial charge in [-0.15, -0.1) is 0 Å². The fourth-order valence-electron chi connectivity index (χ4n) is 2.58. The van der Waals surface area contributed by atoms with E-state index in [0.717, 1.165) is 43.9 Å². The van der Waals surface area contributed by atoms with E-state index in [2.05, 4.69) is 23.8 Å². The molecule has 0 spiro atoms. The van der Waals surface area contributed by atoms with E-state index >= 15 is 0 Å². The Labute approximate surface area is 127 Å². The summed E-state index contributed by atoms with van der Waals surface area (Å²) in [7, 11) is 2.18. The van der Waals surface area contributed by atoms with E-state index in [1.165, 1.54) is 0 Å². The number of benzene rings is 1. The number of nitrogens with zero attached hydrogens (tertiary/aromatic N) is 2. The molecule has 1 fully saturated rings. The Morgan fingerprint density at radius 3 is 2.38 bits per heavy atom. The Hall–Kier alpha value is -1.39. The second kappa shape index (κ2) is 7.57. The predicted octanol–water partition coefficient (Wildman–Crippen LogP) is 2.29. The van der Waals surface area contributed by atoms with Gasteiger partial charge in [-0.3, -0.25) is 9.69 Å². The van der Waals surface area contributed by atoms with Crippen molar-refractivity contribution in [2.24, 2.45) is 0 Å². The first-order valence-corrected chi connectivity index (χ1v) is 7.72. The largest absolute Gasteiger partial charge is 0.494 e. The molecule has 1 unspecified atom stereocenters. The highest BCUT2D eigenvalue weighted by Gasteiger charge is 2.18. The van der Waals surface area contributed by atoms with Gasteiger partial charge in [-0.1, -0.05) is 0 Å². The zero-order valence-corrected chi connectivity index (χ0v) is 13.3. The Morgan fingerprint density at radius 2 is 1.81 bits per heavy atom. The van der Waals surface area contributed by atoms with Gasteiger partial charge in [-0.2, -0.15) is 0 Å². The van der Waals surface area contributed by atoms with Crippen LogP contribution in [0.25, 0.3) is 0 Å². The van der Waals surface area contributed by atoms with Crippen molar-refractivity contribution < 1.29 is 9.53 Å². The Balaban J connectivity index is 1.72. The molecule has 1 aromatic rings. The first kappa shape index (κ1) is 16.0. The lowest BCUT2D eigenvalue weighted by atomic mass is 10.1. The molecule has 0 aromatic heterocycles. The van der Waals surface area contributed by atoms with Crippen LogP contribution in [0.2, 0.25) is 0 Å². The van der Waals surface area contributed by atoms with Gasteiger partial charge in [0.15, 0.2) is 5.78 Å². The molecule has 116 valence electrons. The van der Waals surface area contributed by atoms with Gasteiger partial charge in [0.25, 0.3) is 0 Å². The van der Waals surface area contributed by atoms with E-state index < -0.39 is 0 Å². The minimum Gasteiger partial charge on any atom is -0.494 e. The van der Waals surface area contributed by atoms with Gasteiger partial charge < -0.3 is 9.64 Å².